The number of H-pyrrole nitrogens is 1. The highest BCUT2D eigenvalue weighted by Crippen LogP contribution is 2.23. The molecule has 0 aromatic carbocycles. The third-order valence-electron chi connectivity index (χ3n) is 2.79. The summed E-state index contributed by atoms with van der Waals surface area (Å²) in [6.07, 6.45) is 2.00. The molecule has 0 radical (unpaired) electrons. The van der Waals surface area contributed by atoms with Crippen molar-refractivity contribution in [1.82, 2.24) is 15.0 Å². The molecule has 0 saturated carbocycles. The van der Waals surface area contributed by atoms with Crippen molar-refractivity contribution < 1.29 is 0 Å². The number of nitrogens with one attached hydrogen (secondary N) is 1. The van der Waals surface area contributed by atoms with Crippen LogP contribution in [0.1, 0.15) is 30.4 Å². The third kappa shape index (κ3) is 3.28. The normalized spacial score (nSPS) is 10.7. The van der Waals surface area contributed by atoms with Gasteiger partial charge in [0.1, 0.15) is 10.5 Å². The smallest absolute Gasteiger partial charge is 0.144 e. The molecule has 0 amide bonds. The number of halogens is 1. The molecule has 2 rings (SSSR count). The van der Waals surface area contributed by atoms with Gasteiger partial charge in [-0.2, -0.15) is 0 Å². The van der Waals surface area contributed by atoms with E-state index in [-0.39, 0.29) is 0 Å². The molecule has 0 aliphatic heterocycles. The summed E-state index contributed by atoms with van der Waals surface area (Å²) in [6.45, 7) is 6.11. The Hall–Kier alpha value is -1.07. The first-order valence-electron chi connectivity index (χ1n) is 6.25. The number of nitrogens with zero attached hydrogens (tertiary/aromatic N) is 2. The van der Waals surface area contributed by atoms with Gasteiger partial charge < -0.3 is 4.98 Å². The summed E-state index contributed by atoms with van der Waals surface area (Å²) in [5.41, 5.74) is 4.10. The second-order valence-corrected chi connectivity index (χ2v) is 5.75. The van der Waals surface area contributed by atoms with Gasteiger partial charge in [-0.1, -0.05) is 25.6 Å². The van der Waals surface area contributed by atoms with E-state index in [1.54, 1.807) is 0 Å². The zero-order chi connectivity index (χ0) is 14.0. The van der Waals surface area contributed by atoms with Gasteiger partial charge >= 0.3 is 0 Å². The molecule has 0 fully saturated rings. The molecule has 2 aromatic heterocycles. The van der Waals surface area contributed by atoms with Crippen molar-refractivity contribution in [2.45, 2.75) is 33.6 Å². The first kappa shape index (κ1) is 14.3. The van der Waals surface area contributed by atoms with Gasteiger partial charge in [0.2, 0.25) is 0 Å². The Bertz CT molecular complexity index is 644. The van der Waals surface area contributed by atoms with Gasteiger partial charge in [-0.25, -0.2) is 4.98 Å². The van der Waals surface area contributed by atoms with E-state index >= 15 is 0 Å². The average molecular weight is 338 g/mol. The highest BCUT2D eigenvalue weighted by molar-refractivity contribution is 9.10. The van der Waals surface area contributed by atoms with Crippen LogP contribution in [0.3, 0.4) is 0 Å². The van der Waals surface area contributed by atoms with Crippen molar-refractivity contribution in [2.75, 3.05) is 0 Å². The molecular weight excluding hydrogens is 322 g/mol. The third-order valence-corrected chi connectivity index (χ3v) is 4.20. The monoisotopic (exact) mass is 337 g/mol. The molecule has 0 aliphatic carbocycles. The Kier molecular flexibility index (Phi) is 4.47. The first-order valence-corrected chi connectivity index (χ1v) is 7.45. The predicted molar refractivity (Wildman–Crippen MR) is 83.8 cm³/mol. The van der Waals surface area contributed by atoms with E-state index in [2.05, 4.69) is 37.8 Å². The standard InChI is InChI=1S/C14H16BrN3S/c1-4-5-11-12(15)14(19)18-13(17-11)10-6-8(2)16-9(3)7-10/h6-7H,4-5H2,1-3H3,(H,17,18,19). The van der Waals surface area contributed by atoms with Crippen LogP contribution in [0, 0.1) is 18.5 Å². The SMILES string of the molecule is CCCc1[nH]c(-c2cc(C)nc(C)c2)nc(=S)c1Br. The second-order valence-electron chi connectivity index (χ2n) is 4.57. The lowest BCUT2D eigenvalue weighted by Crippen LogP contribution is -1.99. The van der Waals surface area contributed by atoms with Crippen LogP contribution in [0.4, 0.5) is 0 Å². The molecule has 100 valence electrons. The van der Waals surface area contributed by atoms with Crippen molar-refractivity contribution >= 4 is 28.1 Å². The number of hydrogen-bond acceptors (Lipinski definition) is 3. The molecule has 0 unspecified atom stereocenters. The Morgan fingerprint density at radius 1 is 1.21 bits per heavy atom. The van der Waals surface area contributed by atoms with Gasteiger partial charge in [-0.15, -0.1) is 0 Å². The first-order chi connectivity index (χ1) is 9.01. The molecule has 0 spiro atoms. The number of pyridine rings is 1. The van der Waals surface area contributed by atoms with E-state index in [0.29, 0.717) is 4.64 Å². The van der Waals surface area contributed by atoms with Crippen molar-refractivity contribution in [2.24, 2.45) is 0 Å². The highest BCUT2D eigenvalue weighted by atomic mass is 79.9. The summed E-state index contributed by atoms with van der Waals surface area (Å²) in [5.74, 6) is 0.810. The fraction of sp³-hybridized carbons (Fsp3) is 0.357. The molecule has 2 aromatic rings. The Morgan fingerprint density at radius 2 is 1.84 bits per heavy atom. The predicted octanol–water partition coefficient (Wildman–Crippen LogP) is 4.53. The van der Waals surface area contributed by atoms with Gasteiger partial charge in [-0.3, -0.25) is 4.98 Å². The minimum Gasteiger partial charge on any atom is -0.342 e. The summed E-state index contributed by atoms with van der Waals surface area (Å²) >= 11 is 8.82. The highest BCUT2D eigenvalue weighted by Gasteiger charge is 2.08. The van der Waals surface area contributed by atoms with Crippen LogP contribution < -0.4 is 0 Å². The number of hydrogen-bond donors (Lipinski definition) is 1. The van der Waals surface area contributed by atoms with Crippen molar-refractivity contribution in [3.8, 4) is 11.4 Å². The lowest BCUT2D eigenvalue weighted by molar-refractivity contribution is 0.865. The molecule has 19 heavy (non-hydrogen) atoms. The summed E-state index contributed by atoms with van der Waals surface area (Å²) in [6, 6.07) is 4.04. The molecule has 5 heteroatoms. The van der Waals surface area contributed by atoms with Gasteiger partial charge in [0.25, 0.3) is 0 Å². The van der Waals surface area contributed by atoms with E-state index in [1.807, 2.05) is 26.0 Å². The summed E-state index contributed by atoms with van der Waals surface area (Å²) in [7, 11) is 0. The number of aromatic nitrogens is 3. The van der Waals surface area contributed by atoms with Gasteiger partial charge in [0, 0.05) is 22.6 Å². The van der Waals surface area contributed by atoms with Crippen LogP contribution in [0.5, 0.6) is 0 Å². The fourth-order valence-corrected chi connectivity index (χ4v) is 2.64. The maximum absolute atomic E-state index is 5.31. The minimum absolute atomic E-state index is 0.601. The summed E-state index contributed by atoms with van der Waals surface area (Å²) in [4.78, 5) is 12.2. The van der Waals surface area contributed by atoms with Crippen LogP contribution in [0.2, 0.25) is 0 Å². The van der Waals surface area contributed by atoms with Crippen LogP contribution >= 0.6 is 28.1 Å². The zero-order valence-electron chi connectivity index (χ0n) is 11.2. The van der Waals surface area contributed by atoms with Crippen molar-refractivity contribution in [3.05, 3.63) is 38.3 Å². The van der Waals surface area contributed by atoms with Gasteiger partial charge in [-0.05, 0) is 48.3 Å². The Morgan fingerprint density at radius 3 is 2.42 bits per heavy atom. The van der Waals surface area contributed by atoms with Crippen LogP contribution in [0.25, 0.3) is 11.4 Å². The molecule has 3 nitrogen and oxygen atoms in total. The molecule has 0 aliphatic rings. The maximum Gasteiger partial charge on any atom is 0.144 e. The molecule has 0 saturated heterocycles. The quantitative estimate of drug-likeness (QED) is 0.836. The Labute approximate surface area is 126 Å². The molecular formula is C14H16BrN3S. The molecule has 0 bridgehead atoms. The number of aromatic amines is 1. The van der Waals surface area contributed by atoms with E-state index in [0.717, 1.165) is 45.8 Å². The molecule has 0 atom stereocenters. The summed E-state index contributed by atoms with van der Waals surface area (Å²) in [5, 5.41) is 0. The lowest BCUT2D eigenvalue weighted by Gasteiger charge is -2.09. The lowest BCUT2D eigenvalue weighted by atomic mass is 10.1. The average Bonchev–Trinajstić information content (AvgIpc) is 2.33. The fourth-order valence-electron chi connectivity index (χ4n) is 2.04. The Balaban J connectivity index is 2.59. The second kappa shape index (κ2) is 5.92. The zero-order valence-corrected chi connectivity index (χ0v) is 13.7. The molecule has 2 heterocycles. The molecule has 1 N–H and O–H groups in total. The van der Waals surface area contributed by atoms with E-state index in [1.165, 1.54) is 0 Å². The number of rotatable bonds is 3. The minimum atomic E-state index is 0.601. The van der Waals surface area contributed by atoms with Crippen LogP contribution in [-0.2, 0) is 6.42 Å². The van der Waals surface area contributed by atoms with Crippen molar-refractivity contribution in [3.63, 3.8) is 0 Å². The van der Waals surface area contributed by atoms with E-state index in [9.17, 15) is 0 Å². The topological polar surface area (TPSA) is 41.6 Å². The van der Waals surface area contributed by atoms with Crippen LogP contribution in [-0.4, -0.2) is 15.0 Å². The number of aryl methyl sites for hydroxylation is 3. The van der Waals surface area contributed by atoms with Crippen molar-refractivity contribution in [1.29, 1.82) is 0 Å². The van der Waals surface area contributed by atoms with Gasteiger partial charge in [0.15, 0.2) is 0 Å². The van der Waals surface area contributed by atoms with E-state index < -0.39 is 0 Å². The van der Waals surface area contributed by atoms with E-state index in [4.69, 9.17) is 12.2 Å². The maximum atomic E-state index is 5.31. The van der Waals surface area contributed by atoms with Gasteiger partial charge in [0.05, 0.1) is 4.47 Å². The largest absolute Gasteiger partial charge is 0.342 e. The van der Waals surface area contributed by atoms with Crippen LogP contribution in [0.15, 0.2) is 16.6 Å². The summed E-state index contributed by atoms with van der Waals surface area (Å²) < 4.78 is 1.50.